The Morgan fingerprint density at radius 3 is 2.63 bits per heavy atom. The van der Waals surface area contributed by atoms with Gasteiger partial charge in [-0.1, -0.05) is 0 Å². The molecule has 3 rings (SSSR count). The Morgan fingerprint density at radius 2 is 2.00 bits per heavy atom. The lowest BCUT2D eigenvalue weighted by atomic mass is 10.1. The normalized spacial score (nSPS) is 18.8. The first-order valence-corrected chi connectivity index (χ1v) is 10.7. The summed E-state index contributed by atoms with van der Waals surface area (Å²) in [5, 5.41) is 4.43. The molecule has 0 aliphatic carbocycles. The molecule has 1 aliphatic rings. The summed E-state index contributed by atoms with van der Waals surface area (Å²) in [6, 6.07) is 1.80. The fourth-order valence-corrected chi connectivity index (χ4v) is 5.41. The molecular weight excluding hydrogens is 366 g/mol. The predicted molar refractivity (Wildman–Crippen MR) is 101 cm³/mol. The van der Waals surface area contributed by atoms with Gasteiger partial charge in [0.05, 0.1) is 17.9 Å². The lowest BCUT2D eigenvalue weighted by Gasteiger charge is -2.31. The summed E-state index contributed by atoms with van der Waals surface area (Å²) in [5.74, 6) is 1.10. The highest BCUT2D eigenvalue weighted by atomic mass is 32.2. The van der Waals surface area contributed by atoms with Crippen molar-refractivity contribution >= 4 is 10.0 Å². The first-order valence-electron chi connectivity index (χ1n) is 9.22. The summed E-state index contributed by atoms with van der Waals surface area (Å²) in [4.78, 5) is 8.62. The van der Waals surface area contributed by atoms with Crippen LogP contribution < -0.4 is 4.74 Å². The average molecular weight is 394 g/mol. The number of aromatic nitrogens is 4. The number of ether oxygens (including phenoxy) is 1. The Bertz CT molecular complexity index is 923. The topological polar surface area (TPSA) is 90.2 Å². The van der Waals surface area contributed by atoms with Crippen LogP contribution in [0.3, 0.4) is 0 Å². The van der Waals surface area contributed by atoms with Gasteiger partial charge >= 0.3 is 0 Å². The van der Waals surface area contributed by atoms with Crippen LogP contribution in [0.5, 0.6) is 5.88 Å². The van der Waals surface area contributed by atoms with Gasteiger partial charge in [0.2, 0.25) is 15.9 Å². The van der Waals surface area contributed by atoms with E-state index in [0.717, 1.165) is 12.8 Å². The van der Waals surface area contributed by atoms with Crippen LogP contribution in [-0.4, -0.2) is 51.7 Å². The van der Waals surface area contributed by atoms with Gasteiger partial charge in [-0.15, -0.1) is 0 Å². The molecule has 1 fully saturated rings. The van der Waals surface area contributed by atoms with Crippen LogP contribution in [0.25, 0.3) is 0 Å². The minimum absolute atomic E-state index is 0.103. The van der Waals surface area contributed by atoms with Gasteiger partial charge in [-0.3, -0.25) is 4.68 Å². The van der Waals surface area contributed by atoms with Gasteiger partial charge in [0, 0.05) is 24.8 Å². The molecule has 2 aromatic heterocycles. The van der Waals surface area contributed by atoms with Gasteiger partial charge in [0.1, 0.15) is 16.8 Å². The maximum absolute atomic E-state index is 13.3. The molecule has 0 aromatic carbocycles. The van der Waals surface area contributed by atoms with Crippen LogP contribution in [0.4, 0.5) is 0 Å². The van der Waals surface area contributed by atoms with E-state index in [1.807, 2.05) is 20.8 Å². The Kier molecular flexibility index (Phi) is 5.53. The Hall–Kier alpha value is -2.00. The third kappa shape index (κ3) is 3.98. The number of aryl methyl sites for hydroxylation is 2. The van der Waals surface area contributed by atoms with Crippen molar-refractivity contribution < 1.29 is 13.2 Å². The lowest BCUT2D eigenvalue weighted by molar-refractivity contribution is 0.124. The average Bonchev–Trinajstić information content (AvgIpc) is 2.90. The van der Waals surface area contributed by atoms with Gasteiger partial charge < -0.3 is 4.74 Å². The third-order valence-electron chi connectivity index (χ3n) is 4.72. The molecular formula is C18H27N5O3S. The van der Waals surface area contributed by atoms with Crippen molar-refractivity contribution in [2.45, 2.75) is 64.5 Å². The fourth-order valence-electron chi connectivity index (χ4n) is 3.54. The molecule has 3 heterocycles. The zero-order valence-electron chi connectivity index (χ0n) is 16.5. The van der Waals surface area contributed by atoms with E-state index < -0.39 is 10.0 Å². The first kappa shape index (κ1) is 19.8. The van der Waals surface area contributed by atoms with Gasteiger partial charge in [0.25, 0.3) is 0 Å². The van der Waals surface area contributed by atoms with E-state index in [1.165, 1.54) is 4.31 Å². The van der Waals surface area contributed by atoms with E-state index in [-0.39, 0.29) is 12.1 Å². The van der Waals surface area contributed by atoms with Crippen molar-refractivity contribution in [2.75, 3.05) is 13.1 Å². The van der Waals surface area contributed by atoms with Gasteiger partial charge in [0.15, 0.2) is 0 Å². The van der Waals surface area contributed by atoms with E-state index in [0.29, 0.717) is 41.1 Å². The predicted octanol–water partition coefficient (Wildman–Crippen LogP) is 2.41. The molecule has 8 nitrogen and oxygen atoms in total. The molecule has 9 heteroatoms. The Labute approximate surface area is 160 Å². The van der Waals surface area contributed by atoms with E-state index in [9.17, 15) is 8.42 Å². The van der Waals surface area contributed by atoms with Gasteiger partial charge in [-0.25, -0.2) is 13.4 Å². The summed E-state index contributed by atoms with van der Waals surface area (Å²) in [5.41, 5.74) is 1.22. The van der Waals surface area contributed by atoms with Crippen molar-refractivity contribution in [1.82, 2.24) is 24.1 Å². The van der Waals surface area contributed by atoms with E-state index >= 15 is 0 Å². The van der Waals surface area contributed by atoms with Crippen LogP contribution in [0, 0.1) is 20.8 Å². The minimum Gasteiger partial charge on any atom is -0.473 e. The van der Waals surface area contributed by atoms with Gasteiger partial charge in [-0.2, -0.15) is 14.4 Å². The van der Waals surface area contributed by atoms with E-state index in [1.54, 1.807) is 30.8 Å². The molecule has 0 spiro atoms. The van der Waals surface area contributed by atoms with Crippen molar-refractivity contribution in [2.24, 2.45) is 0 Å². The number of hydrogen-bond donors (Lipinski definition) is 0. The third-order valence-corrected chi connectivity index (χ3v) is 6.84. The second-order valence-corrected chi connectivity index (χ2v) is 9.10. The number of piperidine rings is 1. The zero-order valence-corrected chi connectivity index (χ0v) is 17.3. The van der Waals surface area contributed by atoms with Crippen LogP contribution in [-0.2, 0) is 10.0 Å². The second kappa shape index (κ2) is 7.55. The highest BCUT2D eigenvalue weighted by Crippen LogP contribution is 2.28. The summed E-state index contributed by atoms with van der Waals surface area (Å²) in [6.07, 6.45) is 2.94. The number of rotatable bonds is 5. The maximum atomic E-state index is 13.3. The molecule has 27 heavy (non-hydrogen) atoms. The minimum atomic E-state index is -3.63. The smallest absolute Gasteiger partial charge is 0.246 e. The van der Waals surface area contributed by atoms with Crippen LogP contribution >= 0.6 is 0 Å². The summed E-state index contributed by atoms with van der Waals surface area (Å²) < 4.78 is 35.8. The fraction of sp³-hybridized carbons (Fsp3) is 0.611. The maximum Gasteiger partial charge on any atom is 0.246 e. The molecule has 1 aliphatic heterocycles. The molecule has 1 atom stereocenters. The van der Waals surface area contributed by atoms with Crippen LogP contribution in [0.15, 0.2) is 17.2 Å². The molecule has 0 amide bonds. The second-order valence-electron chi connectivity index (χ2n) is 7.23. The standard InChI is InChI=1S/C18H27N5O3S/c1-12(2)23-14(4)18(13(3)21-23)27(24,25)22-10-6-7-16(11-22)26-17-8-9-19-15(5)20-17/h8-9,12,16H,6-7,10-11H2,1-5H3/t16-/m1/s1. The van der Waals surface area contributed by atoms with Crippen molar-refractivity contribution in [1.29, 1.82) is 0 Å². The van der Waals surface area contributed by atoms with E-state index in [4.69, 9.17) is 4.74 Å². The van der Waals surface area contributed by atoms with Crippen molar-refractivity contribution in [3.63, 3.8) is 0 Å². The zero-order chi connectivity index (χ0) is 19.8. The van der Waals surface area contributed by atoms with Crippen molar-refractivity contribution in [3.05, 3.63) is 29.5 Å². The highest BCUT2D eigenvalue weighted by Gasteiger charge is 2.35. The SMILES string of the molecule is Cc1nccc(O[C@@H]2CCCN(S(=O)(=O)c3c(C)nn(C(C)C)c3C)C2)n1. The van der Waals surface area contributed by atoms with E-state index in [2.05, 4.69) is 15.1 Å². The van der Waals surface area contributed by atoms with Crippen LogP contribution in [0.1, 0.15) is 49.9 Å². The number of hydrogen-bond acceptors (Lipinski definition) is 6. The summed E-state index contributed by atoms with van der Waals surface area (Å²) in [7, 11) is -3.63. The quantitative estimate of drug-likeness (QED) is 0.775. The first-order chi connectivity index (χ1) is 12.7. The highest BCUT2D eigenvalue weighted by molar-refractivity contribution is 7.89. The molecule has 2 aromatic rings. The summed E-state index contributed by atoms with van der Waals surface area (Å²) in [6.45, 7) is 10.1. The van der Waals surface area contributed by atoms with Gasteiger partial charge in [-0.05, 0) is 47.5 Å². The molecule has 0 N–H and O–H groups in total. The molecule has 0 saturated carbocycles. The monoisotopic (exact) mass is 393 g/mol. The summed E-state index contributed by atoms with van der Waals surface area (Å²) >= 11 is 0. The lowest BCUT2D eigenvalue weighted by Crippen LogP contribution is -2.44. The van der Waals surface area contributed by atoms with Crippen LogP contribution in [0.2, 0.25) is 0 Å². The largest absolute Gasteiger partial charge is 0.473 e. The number of nitrogens with zero attached hydrogens (tertiary/aromatic N) is 5. The molecule has 0 unspecified atom stereocenters. The molecule has 0 bridgehead atoms. The van der Waals surface area contributed by atoms with Crippen molar-refractivity contribution in [3.8, 4) is 5.88 Å². The Balaban J connectivity index is 1.83. The Morgan fingerprint density at radius 1 is 1.26 bits per heavy atom. The molecule has 0 radical (unpaired) electrons. The molecule has 1 saturated heterocycles. The molecule has 148 valence electrons. The number of sulfonamides is 1.